The SMILES string of the molecule is CC(C)(C)CC(C)(C)CC=O.CCC(=O)CCCCCNC. The molecule has 0 aliphatic heterocycles. The van der Waals surface area contributed by atoms with E-state index in [1.165, 1.54) is 12.8 Å². The molecule has 132 valence electrons. The molecule has 0 radical (unpaired) electrons. The lowest BCUT2D eigenvalue weighted by Gasteiger charge is -2.30. The Bertz CT molecular complexity index is 290. The zero-order valence-electron chi connectivity index (χ0n) is 16.1. The van der Waals surface area contributed by atoms with E-state index >= 15 is 0 Å². The Morgan fingerprint density at radius 2 is 1.64 bits per heavy atom. The van der Waals surface area contributed by atoms with Gasteiger partial charge in [0.05, 0.1) is 0 Å². The average molecular weight is 314 g/mol. The molecule has 0 bridgehead atoms. The van der Waals surface area contributed by atoms with Crippen molar-refractivity contribution < 1.29 is 9.59 Å². The molecule has 0 amide bonds. The summed E-state index contributed by atoms with van der Waals surface area (Å²) in [5, 5.41) is 3.08. The molecule has 0 saturated carbocycles. The highest BCUT2D eigenvalue weighted by Gasteiger charge is 2.24. The third kappa shape index (κ3) is 19.3. The molecule has 22 heavy (non-hydrogen) atoms. The normalized spacial score (nSPS) is 11.6. The topological polar surface area (TPSA) is 46.2 Å². The predicted octanol–water partition coefficient (Wildman–Crippen LogP) is 4.78. The number of hydrogen-bond donors (Lipinski definition) is 1. The molecule has 0 rings (SSSR count). The van der Waals surface area contributed by atoms with Gasteiger partial charge >= 0.3 is 0 Å². The van der Waals surface area contributed by atoms with Crippen molar-refractivity contribution in [3.63, 3.8) is 0 Å². The van der Waals surface area contributed by atoms with Crippen LogP contribution in [0.15, 0.2) is 0 Å². The number of carbonyl (C=O) groups is 2. The summed E-state index contributed by atoms with van der Waals surface area (Å²) in [7, 11) is 1.96. The van der Waals surface area contributed by atoms with Crippen LogP contribution in [0.1, 0.15) is 86.5 Å². The van der Waals surface area contributed by atoms with Crippen LogP contribution in [0.5, 0.6) is 0 Å². The molecule has 0 spiro atoms. The number of unbranched alkanes of at least 4 members (excludes halogenated alkanes) is 2. The Morgan fingerprint density at radius 3 is 2.05 bits per heavy atom. The van der Waals surface area contributed by atoms with Gasteiger partial charge in [-0.15, -0.1) is 0 Å². The van der Waals surface area contributed by atoms with Crippen molar-refractivity contribution in [2.24, 2.45) is 10.8 Å². The lowest BCUT2D eigenvalue weighted by Crippen LogP contribution is -2.20. The zero-order valence-corrected chi connectivity index (χ0v) is 16.1. The van der Waals surface area contributed by atoms with E-state index < -0.39 is 0 Å². The molecule has 0 aliphatic rings. The first-order chi connectivity index (χ1) is 10.1. The Morgan fingerprint density at radius 1 is 1.05 bits per heavy atom. The molecule has 0 heterocycles. The highest BCUT2D eigenvalue weighted by Crippen LogP contribution is 2.34. The fraction of sp³-hybridized carbons (Fsp3) is 0.895. The summed E-state index contributed by atoms with van der Waals surface area (Å²) < 4.78 is 0. The summed E-state index contributed by atoms with van der Waals surface area (Å²) in [6, 6.07) is 0. The second-order valence-electron chi connectivity index (χ2n) is 8.08. The molecule has 0 atom stereocenters. The van der Waals surface area contributed by atoms with Crippen molar-refractivity contribution in [3.8, 4) is 0 Å². The summed E-state index contributed by atoms with van der Waals surface area (Å²) in [5.41, 5.74) is 0.493. The van der Waals surface area contributed by atoms with E-state index in [1.807, 2.05) is 14.0 Å². The largest absolute Gasteiger partial charge is 0.320 e. The lowest BCUT2D eigenvalue weighted by molar-refractivity contribution is -0.118. The molecular weight excluding hydrogens is 274 g/mol. The number of carbonyl (C=O) groups excluding carboxylic acids is 2. The fourth-order valence-electron chi connectivity index (χ4n) is 2.71. The van der Waals surface area contributed by atoms with Gasteiger partial charge in [0, 0.05) is 19.3 Å². The average Bonchev–Trinajstić information content (AvgIpc) is 2.36. The zero-order chi connectivity index (χ0) is 17.6. The molecule has 0 aromatic heterocycles. The maximum Gasteiger partial charge on any atom is 0.132 e. The van der Waals surface area contributed by atoms with Crippen molar-refractivity contribution >= 4 is 12.1 Å². The van der Waals surface area contributed by atoms with Crippen LogP contribution in [0.3, 0.4) is 0 Å². The summed E-state index contributed by atoms with van der Waals surface area (Å²) in [6.45, 7) is 13.9. The second-order valence-corrected chi connectivity index (χ2v) is 8.08. The van der Waals surface area contributed by atoms with Gasteiger partial charge in [-0.05, 0) is 43.7 Å². The lowest BCUT2D eigenvalue weighted by atomic mass is 9.75. The Kier molecular flexibility index (Phi) is 13.7. The Labute approximate surface area is 138 Å². The van der Waals surface area contributed by atoms with Crippen LogP contribution < -0.4 is 5.32 Å². The van der Waals surface area contributed by atoms with E-state index in [-0.39, 0.29) is 5.41 Å². The molecule has 0 aliphatic carbocycles. The maximum atomic E-state index is 10.8. The molecule has 3 heteroatoms. The number of rotatable bonds is 10. The molecule has 0 saturated heterocycles. The van der Waals surface area contributed by atoms with Crippen LogP contribution in [0, 0.1) is 10.8 Å². The van der Waals surface area contributed by atoms with E-state index in [4.69, 9.17) is 0 Å². The third-order valence-corrected chi connectivity index (χ3v) is 3.42. The molecule has 0 aromatic rings. The van der Waals surface area contributed by atoms with E-state index in [0.717, 1.165) is 32.1 Å². The summed E-state index contributed by atoms with van der Waals surface area (Å²) in [6.07, 6.45) is 7.69. The van der Waals surface area contributed by atoms with E-state index in [2.05, 4.69) is 39.9 Å². The number of Topliss-reactive ketones (excluding diaryl/α,β-unsaturated/α-hetero) is 1. The third-order valence-electron chi connectivity index (χ3n) is 3.42. The second kappa shape index (κ2) is 12.8. The molecule has 3 nitrogen and oxygen atoms in total. The van der Waals surface area contributed by atoms with Crippen LogP contribution >= 0.6 is 0 Å². The minimum absolute atomic E-state index is 0.167. The number of aldehydes is 1. The van der Waals surface area contributed by atoms with Gasteiger partial charge in [0.25, 0.3) is 0 Å². The maximum absolute atomic E-state index is 10.8. The molecule has 0 fully saturated rings. The predicted molar refractivity (Wildman–Crippen MR) is 96.2 cm³/mol. The van der Waals surface area contributed by atoms with E-state index in [1.54, 1.807) is 0 Å². The van der Waals surface area contributed by atoms with Gasteiger partial charge in [-0.3, -0.25) is 4.79 Å². The minimum Gasteiger partial charge on any atom is -0.320 e. The number of nitrogens with one attached hydrogen (secondary N) is 1. The van der Waals surface area contributed by atoms with Gasteiger partial charge in [0.15, 0.2) is 0 Å². The van der Waals surface area contributed by atoms with Gasteiger partial charge in [-0.2, -0.15) is 0 Å². The van der Waals surface area contributed by atoms with Crippen molar-refractivity contribution in [2.45, 2.75) is 86.5 Å². The minimum atomic E-state index is 0.167. The summed E-state index contributed by atoms with van der Waals surface area (Å²) in [4.78, 5) is 21.1. The van der Waals surface area contributed by atoms with E-state index in [9.17, 15) is 9.59 Å². The van der Waals surface area contributed by atoms with Gasteiger partial charge in [-0.1, -0.05) is 48.0 Å². The summed E-state index contributed by atoms with van der Waals surface area (Å²) >= 11 is 0. The number of hydrogen-bond acceptors (Lipinski definition) is 3. The molecule has 0 unspecified atom stereocenters. The van der Waals surface area contributed by atoms with Crippen molar-refractivity contribution in [1.82, 2.24) is 5.32 Å². The van der Waals surface area contributed by atoms with Crippen molar-refractivity contribution in [2.75, 3.05) is 13.6 Å². The monoisotopic (exact) mass is 313 g/mol. The van der Waals surface area contributed by atoms with Crippen LogP contribution in [-0.4, -0.2) is 25.7 Å². The molecule has 0 aromatic carbocycles. The van der Waals surface area contributed by atoms with Gasteiger partial charge in [-0.25, -0.2) is 0 Å². The molecular formula is C19H39NO2. The standard InChI is InChI=1S/C10H20O.C9H19NO/c1-9(2,3)8-10(4,5)6-7-11;1-3-9(11)7-5-4-6-8-10-2/h7H,6,8H2,1-5H3;10H,3-8H2,1-2H3. The quantitative estimate of drug-likeness (QED) is 0.466. The van der Waals surface area contributed by atoms with Crippen LogP contribution in [0.25, 0.3) is 0 Å². The van der Waals surface area contributed by atoms with Gasteiger partial charge in [0.2, 0.25) is 0 Å². The van der Waals surface area contributed by atoms with Crippen molar-refractivity contribution in [3.05, 3.63) is 0 Å². The van der Waals surface area contributed by atoms with Gasteiger partial charge < -0.3 is 10.1 Å². The molecule has 1 N–H and O–H groups in total. The van der Waals surface area contributed by atoms with Crippen LogP contribution in [0.4, 0.5) is 0 Å². The highest BCUT2D eigenvalue weighted by molar-refractivity contribution is 5.77. The smallest absolute Gasteiger partial charge is 0.132 e. The first-order valence-electron chi connectivity index (χ1n) is 8.68. The Balaban J connectivity index is 0. The van der Waals surface area contributed by atoms with Gasteiger partial charge in [0.1, 0.15) is 12.1 Å². The van der Waals surface area contributed by atoms with Crippen LogP contribution in [0.2, 0.25) is 0 Å². The fourth-order valence-corrected chi connectivity index (χ4v) is 2.71. The first-order valence-corrected chi connectivity index (χ1v) is 8.68. The summed E-state index contributed by atoms with van der Waals surface area (Å²) in [5.74, 6) is 0.398. The van der Waals surface area contributed by atoms with E-state index in [0.29, 0.717) is 24.0 Å². The Hall–Kier alpha value is -0.700. The first kappa shape index (κ1) is 23.6. The van der Waals surface area contributed by atoms with Crippen molar-refractivity contribution in [1.29, 1.82) is 0 Å². The number of ketones is 1. The van der Waals surface area contributed by atoms with Crippen LogP contribution in [-0.2, 0) is 9.59 Å². The highest BCUT2D eigenvalue weighted by atomic mass is 16.1.